The predicted octanol–water partition coefficient (Wildman–Crippen LogP) is 1.53. The number of nitrogens with zero attached hydrogens (tertiary/aromatic N) is 4. The second-order valence-electron chi connectivity index (χ2n) is 3.94. The van der Waals surface area contributed by atoms with Crippen molar-refractivity contribution in [1.29, 1.82) is 0 Å². The van der Waals surface area contributed by atoms with E-state index in [1.165, 1.54) is 16.4 Å². The van der Waals surface area contributed by atoms with Crippen molar-refractivity contribution in [2.45, 2.75) is 25.8 Å². The molecule has 0 fully saturated rings. The Morgan fingerprint density at radius 3 is 2.94 bits per heavy atom. The van der Waals surface area contributed by atoms with Gasteiger partial charge >= 0.3 is 0 Å². The van der Waals surface area contributed by atoms with Gasteiger partial charge in [-0.3, -0.25) is 4.68 Å². The Hall–Kier alpha value is -1.27. The summed E-state index contributed by atoms with van der Waals surface area (Å²) in [6.07, 6.45) is 3.87. The van der Waals surface area contributed by atoms with Crippen LogP contribution in [0.5, 0.6) is 0 Å². The summed E-state index contributed by atoms with van der Waals surface area (Å²) >= 11 is 1.46. The molecule has 1 atom stereocenters. The molecule has 0 spiro atoms. The third kappa shape index (κ3) is 2.37. The van der Waals surface area contributed by atoms with Crippen molar-refractivity contribution in [1.82, 2.24) is 24.7 Å². The highest BCUT2D eigenvalue weighted by Crippen LogP contribution is 2.26. The van der Waals surface area contributed by atoms with E-state index in [0.717, 1.165) is 24.2 Å². The van der Waals surface area contributed by atoms with E-state index in [4.69, 9.17) is 0 Å². The van der Waals surface area contributed by atoms with Crippen LogP contribution in [0.4, 0.5) is 0 Å². The summed E-state index contributed by atoms with van der Waals surface area (Å²) in [5.74, 6) is 0. The Labute approximate surface area is 105 Å². The molecule has 1 N–H and O–H groups in total. The number of aromatic nitrogens is 4. The van der Waals surface area contributed by atoms with E-state index < -0.39 is 0 Å². The van der Waals surface area contributed by atoms with Crippen molar-refractivity contribution in [2.24, 2.45) is 7.05 Å². The molecule has 0 aromatic carbocycles. The third-order valence-electron chi connectivity index (χ3n) is 2.78. The average Bonchev–Trinajstić information content (AvgIpc) is 2.92. The molecule has 2 aromatic rings. The molecule has 0 radical (unpaired) electrons. The summed E-state index contributed by atoms with van der Waals surface area (Å²) in [5.41, 5.74) is 2.23. The highest BCUT2D eigenvalue weighted by molar-refractivity contribution is 7.05. The fourth-order valence-electron chi connectivity index (χ4n) is 1.93. The van der Waals surface area contributed by atoms with E-state index in [9.17, 15) is 0 Å². The first kappa shape index (κ1) is 12.2. The Morgan fingerprint density at radius 1 is 1.53 bits per heavy atom. The number of aryl methyl sites for hydroxylation is 2. The Morgan fingerprint density at radius 2 is 2.35 bits per heavy atom. The minimum absolute atomic E-state index is 0.129. The van der Waals surface area contributed by atoms with E-state index in [-0.39, 0.29) is 6.04 Å². The van der Waals surface area contributed by atoms with Crippen LogP contribution in [0.3, 0.4) is 0 Å². The van der Waals surface area contributed by atoms with Crippen LogP contribution >= 0.6 is 11.5 Å². The van der Waals surface area contributed by atoms with Gasteiger partial charge in [0, 0.05) is 13.2 Å². The Bertz CT molecular complexity index is 476. The molecule has 5 nitrogen and oxygen atoms in total. The van der Waals surface area contributed by atoms with Crippen molar-refractivity contribution in [3.63, 3.8) is 0 Å². The monoisotopic (exact) mass is 251 g/mol. The summed E-state index contributed by atoms with van der Waals surface area (Å²) < 4.78 is 5.96. The molecule has 6 heteroatoms. The molecule has 0 aliphatic carbocycles. The molecule has 17 heavy (non-hydrogen) atoms. The maximum absolute atomic E-state index is 4.21. The Kier molecular flexibility index (Phi) is 3.86. The molecule has 92 valence electrons. The number of nitrogens with one attached hydrogen (secondary N) is 1. The zero-order valence-corrected chi connectivity index (χ0v) is 11.2. The van der Waals surface area contributed by atoms with Crippen LogP contribution in [0, 0.1) is 0 Å². The van der Waals surface area contributed by atoms with Gasteiger partial charge in [0.15, 0.2) is 0 Å². The molecule has 2 aromatic heterocycles. The average molecular weight is 251 g/mol. The summed E-state index contributed by atoms with van der Waals surface area (Å²) in [7, 11) is 3.90. The highest BCUT2D eigenvalue weighted by atomic mass is 32.1. The lowest BCUT2D eigenvalue weighted by atomic mass is 10.1. The topological polar surface area (TPSA) is 55.6 Å². The van der Waals surface area contributed by atoms with Gasteiger partial charge in [0.2, 0.25) is 0 Å². The minimum atomic E-state index is 0.129. The molecular formula is C11H17N5S. The minimum Gasteiger partial charge on any atom is -0.307 e. The molecule has 1 unspecified atom stereocenters. The standard InChI is InChI=1S/C11H17N5S/c1-4-5-8-11(17-15-14-8)10(12-2)9-6-7-13-16(9)3/h6-7,10,12H,4-5H2,1-3H3. The summed E-state index contributed by atoms with van der Waals surface area (Å²) in [5, 5.41) is 11.7. The SMILES string of the molecule is CCCc1nnsc1C(NC)c1ccnn1C. The molecule has 0 saturated carbocycles. The van der Waals surface area contributed by atoms with Gasteiger partial charge in [0.25, 0.3) is 0 Å². The van der Waals surface area contributed by atoms with Gasteiger partial charge in [0.05, 0.1) is 22.3 Å². The van der Waals surface area contributed by atoms with Crippen molar-refractivity contribution in [3.05, 3.63) is 28.5 Å². The van der Waals surface area contributed by atoms with Gasteiger partial charge in [-0.05, 0) is 31.1 Å². The first-order valence-electron chi connectivity index (χ1n) is 5.74. The van der Waals surface area contributed by atoms with Crippen molar-refractivity contribution >= 4 is 11.5 Å². The van der Waals surface area contributed by atoms with Gasteiger partial charge in [0.1, 0.15) is 0 Å². The predicted molar refractivity (Wildman–Crippen MR) is 68.0 cm³/mol. The second kappa shape index (κ2) is 5.37. The largest absolute Gasteiger partial charge is 0.307 e. The van der Waals surface area contributed by atoms with Crippen molar-refractivity contribution in [2.75, 3.05) is 7.05 Å². The molecule has 2 heterocycles. The second-order valence-corrected chi connectivity index (χ2v) is 4.72. The first-order chi connectivity index (χ1) is 8.27. The maximum atomic E-state index is 4.21. The van der Waals surface area contributed by atoms with E-state index in [1.54, 1.807) is 0 Å². The van der Waals surface area contributed by atoms with Crippen LogP contribution in [0.2, 0.25) is 0 Å². The smallest absolute Gasteiger partial charge is 0.0874 e. The quantitative estimate of drug-likeness (QED) is 0.875. The number of hydrogen-bond donors (Lipinski definition) is 1. The van der Waals surface area contributed by atoms with Crippen LogP contribution in [-0.4, -0.2) is 26.4 Å². The zero-order valence-electron chi connectivity index (χ0n) is 10.3. The summed E-state index contributed by atoms with van der Waals surface area (Å²) in [6.45, 7) is 2.15. The summed E-state index contributed by atoms with van der Waals surface area (Å²) in [4.78, 5) is 1.19. The van der Waals surface area contributed by atoms with E-state index in [0.29, 0.717) is 0 Å². The van der Waals surface area contributed by atoms with Crippen molar-refractivity contribution < 1.29 is 0 Å². The van der Waals surface area contributed by atoms with Crippen LogP contribution in [0.15, 0.2) is 12.3 Å². The zero-order chi connectivity index (χ0) is 12.3. The molecule has 0 bridgehead atoms. The third-order valence-corrected chi connectivity index (χ3v) is 3.61. The normalized spacial score (nSPS) is 12.9. The first-order valence-corrected chi connectivity index (χ1v) is 6.51. The van der Waals surface area contributed by atoms with Crippen LogP contribution < -0.4 is 5.32 Å². The fourth-order valence-corrected chi connectivity index (χ4v) is 2.75. The molecular weight excluding hydrogens is 234 g/mol. The molecule has 0 saturated heterocycles. The van der Waals surface area contributed by atoms with Gasteiger partial charge in [-0.25, -0.2) is 0 Å². The van der Waals surface area contributed by atoms with Gasteiger partial charge in [-0.15, -0.1) is 5.10 Å². The van der Waals surface area contributed by atoms with E-state index in [2.05, 4.69) is 26.9 Å². The lowest BCUT2D eigenvalue weighted by Crippen LogP contribution is -2.20. The number of hydrogen-bond acceptors (Lipinski definition) is 5. The van der Waals surface area contributed by atoms with Crippen LogP contribution in [0.1, 0.15) is 35.7 Å². The highest BCUT2D eigenvalue weighted by Gasteiger charge is 2.21. The molecule has 0 aliphatic rings. The van der Waals surface area contributed by atoms with Crippen molar-refractivity contribution in [3.8, 4) is 0 Å². The van der Waals surface area contributed by atoms with E-state index >= 15 is 0 Å². The lowest BCUT2D eigenvalue weighted by Gasteiger charge is -2.15. The van der Waals surface area contributed by atoms with Gasteiger partial charge < -0.3 is 5.32 Å². The molecule has 0 amide bonds. The molecule has 0 aliphatic heterocycles. The van der Waals surface area contributed by atoms with Crippen LogP contribution in [0.25, 0.3) is 0 Å². The van der Waals surface area contributed by atoms with E-state index in [1.807, 2.05) is 31.0 Å². The Balaban J connectivity index is 2.35. The number of rotatable bonds is 5. The fraction of sp³-hybridized carbons (Fsp3) is 0.545. The van der Waals surface area contributed by atoms with Gasteiger partial charge in [-0.1, -0.05) is 17.8 Å². The summed E-state index contributed by atoms with van der Waals surface area (Å²) in [6, 6.07) is 2.15. The maximum Gasteiger partial charge on any atom is 0.0874 e. The lowest BCUT2D eigenvalue weighted by molar-refractivity contribution is 0.606. The van der Waals surface area contributed by atoms with Crippen LogP contribution in [-0.2, 0) is 13.5 Å². The molecule has 2 rings (SSSR count). The van der Waals surface area contributed by atoms with Gasteiger partial charge in [-0.2, -0.15) is 5.10 Å².